The lowest BCUT2D eigenvalue weighted by Gasteiger charge is -2.55. The first kappa shape index (κ1) is 39.0. The number of ketones is 1. The largest absolute Gasteiger partial charge is 0.444 e. The molecule has 1 saturated heterocycles. The molecule has 0 spiro atoms. The van der Waals surface area contributed by atoms with E-state index < -0.39 is 26.4 Å². The van der Waals surface area contributed by atoms with E-state index in [0.29, 0.717) is 13.0 Å². The van der Waals surface area contributed by atoms with Crippen molar-refractivity contribution in [3.05, 3.63) is 12.2 Å². The summed E-state index contributed by atoms with van der Waals surface area (Å²) in [4.78, 5) is 25.8. The summed E-state index contributed by atoms with van der Waals surface area (Å²) in [6, 6.07) is -0.178. The molecule has 0 bridgehead atoms. The smallest absolute Gasteiger partial charge is 0.407 e. The summed E-state index contributed by atoms with van der Waals surface area (Å²) < 4.78 is 25.6. The molecule has 1 fully saturated rings. The minimum atomic E-state index is -2.62. The number of carbonyl (C=O) groups excluding carboxylic acids is 2. The van der Waals surface area contributed by atoms with Gasteiger partial charge in [-0.25, -0.2) is 4.79 Å². The van der Waals surface area contributed by atoms with Crippen molar-refractivity contribution in [2.45, 2.75) is 193 Å². The van der Waals surface area contributed by atoms with Gasteiger partial charge in [0, 0.05) is 22.0 Å². The number of fused-ring (bicyclic) bond motifs is 1. The van der Waals surface area contributed by atoms with Crippen LogP contribution in [0.1, 0.15) is 153 Å². The minimum absolute atomic E-state index is 0.0583. The van der Waals surface area contributed by atoms with E-state index in [1.165, 1.54) is 51.4 Å². The average Bonchev–Trinajstić information content (AvgIpc) is 2.89. The van der Waals surface area contributed by atoms with Crippen molar-refractivity contribution in [2.24, 2.45) is 5.92 Å². The number of hydrogen-bond acceptors (Lipinski definition) is 6. The highest BCUT2D eigenvalue weighted by Crippen LogP contribution is 2.54. The predicted octanol–water partition coefficient (Wildman–Crippen LogP) is 9.57. The van der Waals surface area contributed by atoms with Gasteiger partial charge in [0.05, 0.1) is 18.8 Å². The second-order valence-electron chi connectivity index (χ2n) is 16.3. The Balaban J connectivity index is 2.06. The fourth-order valence-corrected chi connectivity index (χ4v) is 11.8. The summed E-state index contributed by atoms with van der Waals surface area (Å²) in [5, 5.41) is 2.87. The van der Waals surface area contributed by atoms with Crippen molar-refractivity contribution >= 4 is 20.4 Å². The molecular formula is C36H67NO6Si. The van der Waals surface area contributed by atoms with Crippen LogP contribution in [0.15, 0.2) is 12.2 Å². The molecule has 0 radical (unpaired) electrons. The standard InChI is InChI=1S/C36H67NO6Si/c1-12-13-14-15-16-17-18-19-20-21-22-28(37-33(39)42-34(3,4)5)25-29(27(2)38)30-23-24-31-32(41-30)26-40-44(43-31,35(6,7)8)36(9,10)11/h23-24,28-32H,12-22,25-26H2,1-11H3,(H,37,39)/t28?,29?,30-,31+,32-/m1/s1. The van der Waals surface area contributed by atoms with Crippen molar-refractivity contribution in [2.75, 3.05) is 6.61 Å². The maximum absolute atomic E-state index is 13.0. The lowest BCUT2D eigenvalue weighted by Crippen LogP contribution is -2.65. The van der Waals surface area contributed by atoms with Crippen LogP contribution in [-0.2, 0) is 23.1 Å². The second-order valence-corrected chi connectivity index (χ2v) is 21.1. The van der Waals surface area contributed by atoms with Crippen molar-refractivity contribution in [1.29, 1.82) is 0 Å². The van der Waals surface area contributed by atoms with Crippen LogP contribution in [0.5, 0.6) is 0 Å². The summed E-state index contributed by atoms with van der Waals surface area (Å²) in [5.74, 6) is -0.327. The van der Waals surface area contributed by atoms with Gasteiger partial charge in [-0.15, -0.1) is 0 Å². The number of nitrogens with one attached hydrogen (secondary N) is 1. The molecule has 1 amide bonds. The first-order valence-electron chi connectivity index (χ1n) is 17.6. The lowest BCUT2D eigenvalue weighted by atomic mass is 9.87. The van der Waals surface area contributed by atoms with Gasteiger partial charge in [-0.05, 0) is 40.5 Å². The third-order valence-corrected chi connectivity index (χ3v) is 14.1. The quantitative estimate of drug-likeness (QED) is 0.103. The van der Waals surface area contributed by atoms with Crippen molar-refractivity contribution < 1.29 is 27.9 Å². The van der Waals surface area contributed by atoms with Gasteiger partial charge in [-0.2, -0.15) is 0 Å². The molecule has 2 heterocycles. The number of carbonyl (C=O) groups is 2. The van der Waals surface area contributed by atoms with E-state index >= 15 is 0 Å². The third-order valence-electron chi connectivity index (χ3n) is 9.00. The van der Waals surface area contributed by atoms with E-state index in [1.54, 1.807) is 6.92 Å². The molecule has 0 saturated carbocycles. The number of alkyl carbamates (subject to hydrolysis) is 1. The molecule has 256 valence electrons. The van der Waals surface area contributed by atoms with Crippen molar-refractivity contribution in [3.8, 4) is 0 Å². The van der Waals surface area contributed by atoms with Crippen molar-refractivity contribution in [1.82, 2.24) is 5.32 Å². The van der Waals surface area contributed by atoms with Crippen LogP contribution in [-0.4, -0.2) is 57.0 Å². The van der Waals surface area contributed by atoms with Gasteiger partial charge < -0.3 is 23.6 Å². The van der Waals surface area contributed by atoms with Crippen LogP contribution in [0.25, 0.3) is 0 Å². The Hall–Kier alpha value is -1.22. The molecule has 0 aromatic rings. The molecule has 2 unspecified atom stereocenters. The normalized spacial score (nSPS) is 23.5. The topological polar surface area (TPSA) is 83.1 Å². The Morgan fingerprint density at radius 1 is 0.864 bits per heavy atom. The molecule has 0 aromatic carbocycles. The highest BCUT2D eigenvalue weighted by atomic mass is 28.4. The lowest BCUT2D eigenvalue weighted by molar-refractivity contribution is -0.143. The maximum Gasteiger partial charge on any atom is 0.407 e. The van der Waals surface area contributed by atoms with E-state index in [1.807, 2.05) is 26.8 Å². The molecule has 44 heavy (non-hydrogen) atoms. The zero-order chi connectivity index (χ0) is 33.2. The number of hydrogen-bond donors (Lipinski definition) is 1. The monoisotopic (exact) mass is 637 g/mol. The van der Waals surface area contributed by atoms with Gasteiger partial charge in [-0.1, -0.05) is 125 Å². The highest BCUT2D eigenvalue weighted by Gasteiger charge is 2.62. The SMILES string of the molecule is CCCCCCCCCCCCC(CC(C(C)=O)[C@H]1C=C[C@@H]2O[Si](C(C)(C)C)(C(C)(C)C)OC[C@H]2O1)NC(=O)OC(C)(C)C. The first-order valence-corrected chi connectivity index (χ1v) is 19.4. The number of Topliss-reactive ketones (excluding diaryl/α,β-unsaturated/α-hetero) is 1. The Kier molecular flexibility index (Phi) is 15.1. The fourth-order valence-electron chi connectivity index (χ4n) is 6.92. The maximum atomic E-state index is 13.0. The zero-order valence-corrected chi connectivity index (χ0v) is 31.2. The molecule has 7 nitrogen and oxygen atoms in total. The van der Waals surface area contributed by atoms with Gasteiger partial charge in [0.1, 0.15) is 17.5 Å². The van der Waals surface area contributed by atoms with Gasteiger partial charge >= 0.3 is 14.7 Å². The molecule has 2 aliphatic heterocycles. The molecule has 8 heteroatoms. The Bertz CT molecular complexity index is 901. The minimum Gasteiger partial charge on any atom is -0.444 e. The highest BCUT2D eigenvalue weighted by molar-refractivity contribution is 6.73. The van der Waals surface area contributed by atoms with Gasteiger partial charge in [-0.3, -0.25) is 4.79 Å². The zero-order valence-electron chi connectivity index (χ0n) is 30.2. The molecular weight excluding hydrogens is 570 g/mol. The Labute approximate surface area is 271 Å². The number of rotatable bonds is 16. The van der Waals surface area contributed by atoms with Crippen LogP contribution in [0.4, 0.5) is 4.79 Å². The second kappa shape index (κ2) is 17.1. The average molecular weight is 638 g/mol. The van der Waals surface area contributed by atoms with Crippen molar-refractivity contribution in [3.63, 3.8) is 0 Å². The Morgan fingerprint density at radius 3 is 1.91 bits per heavy atom. The number of ether oxygens (including phenoxy) is 2. The molecule has 0 aliphatic carbocycles. The van der Waals surface area contributed by atoms with Crippen LogP contribution in [0.3, 0.4) is 0 Å². The molecule has 0 aromatic heterocycles. The summed E-state index contributed by atoms with van der Waals surface area (Å²) in [5.41, 5.74) is -0.588. The fraction of sp³-hybridized carbons (Fsp3) is 0.889. The number of amides is 1. The summed E-state index contributed by atoms with van der Waals surface area (Å²) in [6.07, 6.45) is 16.6. The van der Waals surface area contributed by atoms with Crippen LogP contribution in [0, 0.1) is 5.92 Å². The summed E-state index contributed by atoms with van der Waals surface area (Å²) >= 11 is 0. The Morgan fingerprint density at radius 2 is 1.41 bits per heavy atom. The van der Waals surface area contributed by atoms with Crippen LogP contribution >= 0.6 is 0 Å². The molecule has 2 rings (SSSR count). The van der Waals surface area contributed by atoms with E-state index in [-0.39, 0.29) is 40.0 Å². The first-order chi connectivity index (χ1) is 20.4. The van der Waals surface area contributed by atoms with Gasteiger partial charge in [0.25, 0.3) is 0 Å². The van der Waals surface area contributed by atoms with Gasteiger partial charge in [0.15, 0.2) is 0 Å². The van der Waals surface area contributed by atoms with E-state index in [4.69, 9.17) is 18.3 Å². The summed E-state index contributed by atoms with van der Waals surface area (Å²) in [6.45, 7) is 23.2. The van der Waals surface area contributed by atoms with E-state index in [9.17, 15) is 9.59 Å². The van der Waals surface area contributed by atoms with Crippen LogP contribution in [0.2, 0.25) is 10.1 Å². The van der Waals surface area contributed by atoms with Crippen LogP contribution < -0.4 is 5.32 Å². The third kappa shape index (κ3) is 11.9. The predicted molar refractivity (Wildman–Crippen MR) is 182 cm³/mol. The molecule has 5 atom stereocenters. The summed E-state index contributed by atoms with van der Waals surface area (Å²) in [7, 11) is -2.62. The van der Waals surface area contributed by atoms with E-state index in [0.717, 1.165) is 19.3 Å². The molecule has 2 aliphatic rings. The molecule has 1 N–H and O–H groups in total. The van der Waals surface area contributed by atoms with E-state index in [2.05, 4.69) is 59.9 Å². The van der Waals surface area contributed by atoms with Gasteiger partial charge in [0.2, 0.25) is 0 Å². The number of unbranched alkanes of at least 4 members (excludes halogenated alkanes) is 9.